The first-order valence-corrected chi connectivity index (χ1v) is 3.51. The summed E-state index contributed by atoms with van der Waals surface area (Å²) >= 11 is 0. The highest BCUT2D eigenvalue weighted by Crippen LogP contribution is 2.05. The van der Waals surface area contributed by atoms with Gasteiger partial charge in [0, 0.05) is 0 Å². The summed E-state index contributed by atoms with van der Waals surface area (Å²) in [7, 11) is 0. The molecule has 0 aromatic carbocycles. The second-order valence-corrected chi connectivity index (χ2v) is 2.21. The van der Waals surface area contributed by atoms with Gasteiger partial charge in [-0.05, 0) is 19.9 Å². The molecule has 0 N–H and O–H groups in total. The highest BCUT2D eigenvalue weighted by atomic mass is 19.3. The average molecular weight is 174 g/mol. The topological polar surface area (TPSA) is 9.23 Å². The molecular weight excluding hydrogens is 162 g/mol. The molecule has 0 aromatic heterocycles. The summed E-state index contributed by atoms with van der Waals surface area (Å²) in [5.41, 5.74) is 0.967. The van der Waals surface area contributed by atoms with Gasteiger partial charge in [0.1, 0.15) is 5.76 Å². The van der Waals surface area contributed by atoms with E-state index in [-0.39, 0.29) is 5.76 Å². The molecule has 0 fully saturated rings. The van der Waals surface area contributed by atoms with Crippen LogP contribution in [0.3, 0.4) is 0 Å². The molecule has 0 aromatic rings. The van der Waals surface area contributed by atoms with Crippen LogP contribution in [-0.2, 0) is 4.74 Å². The fourth-order valence-corrected chi connectivity index (χ4v) is 0.474. The molecule has 0 heterocycles. The van der Waals surface area contributed by atoms with Crippen LogP contribution < -0.4 is 0 Å². The minimum atomic E-state index is -2.80. The summed E-state index contributed by atoms with van der Waals surface area (Å²) in [5, 5.41) is 0. The van der Waals surface area contributed by atoms with Gasteiger partial charge >= 0.3 is 6.61 Å². The summed E-state index contributed by atoms with van der Waals surface area (Å²) in [6.07, 6.45) is 4.92. The van der Waals surface area contributed by atoms with Gasteiger partial charge in [0.2, 0.25) is 0 Å². The lowest BCUT2D eigenvalue weighted by Crippen LogP contribution is -1.95. The van der Waals surface area contributed by atoms with Gasteiger partial charge in [0.25, 0.3) is 0 Å². The molecule has 0 saturated carbocycles. The number of hydrogen-bond donors (Lipinski definition) is 0. The number of ether oxygens (including phenoxy) is 1. The first kappa shape index (κ1) is 10.9. The van der Waals surface area contributed by atoms with Crippen LogP contribution in [0, 0.1) is 0 Å². The van der Waals surface area contributed by atoms with Gasteiger partial charge in [0.05, 0.1) is 0 Å². The molecule has 0 aliphatic heterocycles. The third-order valence-electron chi connectivity index (χ3n) is 1.23. The van der Waals surface area contributed by atoms with Crippen LogP contribution in [0.1, 0.15) is 13.8 Å². The van der Waals surface area contributed by atoms with E-state index in [4.69, 9.17) is 0 Å². The first-order chi connectivity index (χ1) is 5.56. The first-order valence-electron chi connectivity index (χ1n) is 3.51. The molecule has 0 saturated heterocycles. The Morgan fingerprint density at radius 1 is 1.42 bits per heavy atom. The molecular formula is C9H12F2O. The Balaban J connectivity index is 3.92. The van der Waals surface area contributed by atoms with Crippen molar-refractivity contribution in [1.82, 2.24) is 0 Å². The van der Waals surface area contributed by atoms with E-state index in [2.05, 4.69) is 11.3 Å². The molecule has 0 amide bonds. The van der Waals surface area contributed by atoms with Crippen molar-refractivity contribution >= 4 is 0 Å². The normalized spacial score (nSPS) is 12.6. The Morgan fingerprint density at radius 2 is 2.00 bits per heavy atom. The van der Waals surface area contributed by atoms with Gasteiger partial charge in [-0.2, -0.15) is 8.78 Å². The molecule has 12 heavy (non-hydrogen) atoms. The van der Waals surface area contributed by atoms with Gasteiger partial charge in [-0.3, -0.25) is 0 Å². The predicted octanol–water partition coefficient (Wildman–Crippen LogP) is 3.26. The maximum Gasteiger partial charge on any atom is 0.387 e. The molecule has 0 rings (SSSR count). The summed E-state index contributed by atoms with van der Waals surface area (Å²) in [5.74, 6) is -0.0359. The number of allylic oxidation sites excluding steroid dienone is 4. The SMILES string of the molecule is C=C(/C=C\C(C)=C/C)OC(F)F. The van der Waals surface area contributed by atoms with E-state index < -0.39 is 6.61 Å². The van der Waals surface area contributed by atoms with Gasteiger partial charge < -0.3 is 4.74 Å². The lowest BCUT2D eigenvalue weighted by molar-refractivity contribution is -0.0915. The number of alkyl halides is 2. The second-order valence-electron chi connectivity index (χ2n) is 2.21. The highest BCUT2D eigenvalue weighted by molar-refractivity contribution is 5.21. The van der Waals surface area contributed by atoms with Crippen LogP contribution in [0.2, 0.25) is 0 Å². The van der Waals surface area contributed by atoms with Gasteiger partial charge in [-0.1, -0.05) is 24.3 Å². The van der Waals surface area contributed by atoms with Gasteiger partial charge in [0.15, 0.2) is 0 Å². The molecule has 0 aliphatic carbocycles. The number of rotatable bonds is 4. The Labute approximate surface area is 71.0 Å². The second kappa shape index (κ2) is 5.52. The van der Waals surface area contributed by atoms with Crippen molar-refractivity contribution in [2.75, 3.05) is 0 Å². The van der Waals surface area contributed by atoms with Crippen molar-refractivity contribution in [3.05, 3.63) is 36.1 Å². The zero-order valence-corrected chi connectivity index (χ0v) is 7.18. The smallest absolute Gasteiger partial charge is 0.387 e. The minimum absolute atomic E-state index is 0.0359. The van der Waals surface area contributed by atoms with Crippen molar-refractivity contribution in [1.29, 1.82) is 0 Å². The van der Waals surface area contributed by atoms with E-state index in [1.165, 1.54) is 6.08 Å². The summed E-state index contributed by atoms with van der Waals surface area (Å²) in [6, 6.07) is 0. The Hall–Kier alpha value is -1.12. The molecule has 0 atom stereocenters. The van der Waals surface area contributed by atoms with Crippen molar-refractivity contribution in [2.24, 2.45) is 0 Å². The van der Waals surface area contributed by atoms with E-state index in [1.54, 1.807) is 6.08 Å². The van der Waals surface area contributed by atoms with Crippen LogP contribution in [0.15, 0.2) is 36.1 Å². The monoisotopic (exact) mass is 174 g/mol. The van der Waals surface area contributed by atoms with E-state index in [9.17, 15) is 8.78 Å². The van der Waals surface area contributed by atoms with Crippen LogP contribution >= 0.6 is 0 Å². The minimum Gasteiger partial charge on any atom is -0.435 e. The molecule has 3 heteroatoms. The molecule has 1 nitrogen and oxygen atoms in total. The Kier molecular flexibility index (Phi) is 5.00. The highest BCUT2D eigenvalue weighted by Gasteiger charge is 2.00. The van der Waals surface area contributed by atoms with Crippen molar-refractivity contribution in [2.45, 2.75) is 20.5 Å². The van der Waals surface area contributed by atoms with E-state index in [0.29, 0.717) is 0 Å². The molecule has 0 aliphatic rings. The van der Waals surface area contributed by atoms with Crippen molar-refractivity contribution < 1.29 is 13.5 Å². The molecule has 0 spiro atoms. The molecule has 0 bridgehead atoms. The number of halogens is 2. The average Bonchev–Trinajstić information content (AvgIpc) is 1.99. The van der Waals surface area contributed by atoms with Crippen LogP contribution in [0.4, 0.5) is 8.78 Å². The van der Waals surface area contributed by atoms with Crippen LogP contribution in [0.25, 0.3) is 0 Å². The van der Waals surface area contributed by atoms with E-state index >= 15 is 0 Å². The third kappa shape index (κ3) is 5.65. The van der Waals surface area contributed by atoms with E-state index in [0.717, 1.165) is 5.57 Å². The molecule has 68 valence electrons. The summed E-state index contributed by atoms with van der Waals surface area (Å²) < 4.78 is 27.1. The zero-order valence-electron chi connectivity index (χ0n) is 7.18. The van der Waals surface area contributed by atoms with E-state index in [1.807, 2.05) is 19.9 Å². The standard InChI is InChI=1S/C9H12F2O/c1-4-7(2)5-6-8(3)12-9(10)11/h4-6,9H,3H2,1-2H3/b6-5-,7-4-. The summed E-state index contributed by atoms with van der Waals surface area (Å²) in [4.78, 5) is 0. The number of hydrogen-bond acceptors (Lipinski definition) is 1. The molecule has 0 unspecified atom stereocenters. The maximum absolute atomic E-state index is 11.6. The third-order valence-corrected chi connectivity index (χ3v) is 1.23. The lowest BCUT2D eigenvalue weighted by atomic mass is 10.2. The maximum atomic E-state index is 11.6. The Bertz CT molecular complexity index is 205. The van der Waals surface area contributed by atoms with Gasteiger partial charge in [-0.15, -0.1) is 0 Å². The predicted molar refractivity (Wildman–Crippen MR) is 44.8 cm³/mol. The van der Waals surface area contributed by atoms with Crippen LogP contribution in [-0.4, -0.2) is 6.61 Å². The fourth-order valence-electron chi connectivity index (χ4n) is 0.474. The quantitative estimate of drug-likeness (QED) is 0.469. The van der Waals surface area contributed by atoms with Crippen LogP contribution in [0.5, 0.6) is 0 Å². The van der Waals surface area contributed by atoms with Gasteiger partial charge in [-0.25, -0.2) is 0 Å². The fraction of sp³-hybridized carbons (Fsp3) is 0.333. The zero-order chi connectivity index (χ0) is 9.56. The Morgan fingerprint density at radius 3 is 2.42 bits per heavy atom. The van der Waals surface area contributed by atoms with Crippen molar-refractivity contribution in [3.63, 3.8) is 0 Å². The lowest BCUT2D eigenvalue weighted by Gasteiger charge is -2.01. The summed E-state index contributed by atoms with van der Waals surface area (Å²) in [6.45, 7) is 4.20. The molecule has 0 radical (unpaired) electrons. The largest absolute Gasteiger partial charge is 0.435 e. The van der Waals surface area contributed by atoms with Crippen molar-refractivity contribution in [3.8, 4) is 0 Å².